The zero-order chi connectivity index (χ0) is 13.0. The molecule has 2 aromatic rings. The second-order valence-electron chi connectivity index (χ2n) is 3.44. The summed E-state index contributed by atoms with van der Waals surface area (Å²) in [7, 11) is 1.59. The molecule has 0 unspecified atom stereocenters. The molecular weight excluding hydrogens is 256 g/mol. The van der Waals surface area contributed by atoms with Crippen LogP contribution in [0.5, 0.6) is 11.5 Å². The van der Waals surface area contributed by atoms with E-state index in [1.807, 2.05) is 19.1 Å². The monoisotopic (exact) mass is 268 g/mol. The summed E-state index contributed by atoms with van der Waals surface area (Å²) in [6.07, 6.45) is 0. The first kappa shape index (κ1) is 12.7. The van der Waals surface area contributed by atoms with Crippen LogP contribution in [0.4, 0.5) is 0 Å². The summed E-state index contributed by atoms with van der Waals surface area (Å²) in [6.45, 7) is 2.49. The van der Waals surface area contributed by atoms with E-state index in [4.69, 9.17) is 25.6 Å². The van der Waals surface area contributed by atoms with Crippen LogP contribution in [0, 0.1) is 0 Å². The first-order valence-corrected chi connectivity index (χ1v) is 6.01. The van der Waals surface area contributed by atoms with Gasteiger partial charge in [0, 0.05) is 5.56 Å². The summed E-state index contributed by atoms with van der Waals surface area (Å²) in [5.41, 5.74) is 0.787. The molecular formula is C12H13ClN2O3. The molecule has 0 radical (unpaired) electrons. The van der Waals surface area contributed by atoms with Gasteiger partial charge >= 0.3 is 0 Å². The van der Waals surface area contributed by atoms with E-state index >= 15 is 0 Å². The maximum atomic E-state index is 5.61. The molecule has 5 nitrogen and oxygen atoms in total. The van der Waals surface area contributed by atoms with Gasteiger partial charge in [-0.3, -0.25) is 0 Å². The third kappa shape index (κ3) is 2.56. The molecule has 1 heterocycles. The Labute approximate surface area is 110 Å². The van der Waals surface area contributed by atoms with Crippen molar-refractivity contribution in [3.05, 3.63) is 24.1 Å². The van der Waals surface area contributed by atoms with Gasteiger partial charge in [0.25, 0.3) is 0 Å². The minimum atomic E-state index is 0.196. The molecule has 2 rings (SSSR count). The molecule has 96 valence electrons. The Bertz CT molecular complexity index is 528. The highest BCUT2D eigenvalue weighted by atomic mass is 35.5. The topological polar surface area (TPSA) is 57.4 Å². The second-order valence-corrected chi connectivity index (χ2v) is 3.71. The van der Waals surface area contributed by atoms with E-state index in [9.17, 15) is 0 Å². The minimum Gasteiger partial charge on any atom is -0.493 e. The Morgan fingerprint density at radius 3 is 2.78 bits per heavy atom. The highest BCUT2D eigenvalue weighted by molar-refractivity contribution is 6.16. The van der Waals surface area contributed by atoms with Gasteiger partial charge in [0.05, 0.1) is 13.7 Å². The Balaban J connectivity index is 2.34. The van der Waals surface area contributed by atoms with Gasteiger partial charge < -0.3 is 14.0 Å². The summed E-state index contributed by atoms with van der Waals surface area (Å²) in [6, 6.07) is 5.46. The van der Waals surface area contributed by atoms with Gasteiger partial charge in [0.2, 0.25) is 11.7 Å². The van der Waals surface area contributed by atoms with Gasteiger partial charge in [-0.05, 0) is 25.1 Å². The molecule has 0 saturated carbocycles. The molecule has 18 heavy (non-hydrogen) atoms. The van der Waals surface area contributed by atoms with Crippen molar-refractivity contribution >= 4 is 11.6 Å². The summed E-state index contributed by atoms with van der Waals surface area (Å²) < 4.78 is 15.6. The largest absolute Gasteiger partial charge is 0.493 e. The maximum Gasteiger partial charge on any atom is 0.241 e. The summed E-state index contributed by atoms with van der Waals surface area (Å²) in [5, 5.41) is 3.84. The van der Waals surface area contributed by atoms with Crippen LogP contribution in [0.25, 0.3) is 11.4 Å². The van der Waals surface area contributed by atoms with Gasteiger partial charge in [0.1, 0.15) is 5.88 Å². The minimum absolute atomic E-state index is 0.196. The molecule has 1 aromatic carbocycles. The van der Waals surface area contributed by atoms with Gasteiger partial charge in [-0.25, -0.2) is 0 Å². The number of methoxy groups -OCH3 is 1. The van der Waals surface area contributed by atoms with Gasteiger partial charge in [-0.2, -0.15) is 4.98 Å². The van der Waals surface area contributed by atoms with Crippen molar-refractivity contribution in [2.75, 3.05) is 13.7 Å². The SMILES string of the molecule is CCOc1ccc(-c2noc(CCl)n2)cc1OC. The first-order valence-electron chi connectivity index (χ1n) is 5.48. The molecule has 6 heteroatoms. The smallest absolute Gasteiger partial charge is 0.241 e. The Morgan fingerprint density at radius 1 is 1.33 bits per heavy atom. The summed E-state index contributed by atoms with van der Waals surface area (Å²) in [5.74, 6) is 2.38. The molecule has 0 aliphatic carbocycles. The number of nitrogens with zero attached hydrogens (tertiary/aromatic N) is 2. The highest BCUT2D eigenvalue weighted by Crippen LogP contribution is 2.31. The molecule has 1 aromatic heterocycles. The number of ether oxygens (including phenoxy) is 2. The van der Waals surface area contributed by atoms with Crippen molar-refractivity contribution in [3.8, 4) is 22.9 Å². The van der Waals surface area contributed by atoms with Crippen LogP contribution in [0.2, 0.25) is 0 Å². The van der Waals surface area contributed by atoms with E-state index in [1.54, 1.807) is 13.2 Å². The molecule has 0 bridgehead atoms. The second kappa shape index (κ2) is 5.73. The van der Waals surface area contributed by atoms with Crippen LogP contribution in [0.15, 0.2) is 22.7 Å². The zero-order valence-electron chi connectivity index (χ0n) is 10.1. The number of halogens is 1. The van der Waals surface area contributed by atoms with Crippen molar-refractivity contribution in [2.45, 2.75) is 12.8 Å². The predicted octanol–water partition coefficient (Wildman–Crippen LogP) is 2.88. The van der Waals surface area contributed by atoms with E-state index < -0.39 is 0 Å². The van der Waals surface area contributed by atoms with Crippen LogP contribution >= 0.6 is 11.6 Å². The number of alkyl halides is 1. The Morgan fingerprint density at radius 2 is 2.17 bits per heavy atom. The molecule has 0 fully saturated rings. The lowest BCUT2D eigenvalue weighted by molar-refractivity contribution is 0.311. The lowest BCUT2D eigenvalue weighted by atomic mass is 10.2. The number of hydrogen-bond donors (Lipinski definition) is 0. The van der Waals surface area contributed by atoms with Crippen molar-refractivity contribution in [2.24, 2.45) is 0 Å². The van der Waals surface area contributed by atoms with Crippen molar-refractivity contribution in [1.82, 2.24) is 10.1 Å². The zero-order valence-corrected chi connectivity index (χ0v) is 10.9. The Hall–Kier alpha value is -1.75. The predicted molar refractivity (Wildman–Crippen MR) is 67.0 cm³/mol. The molecule has 0 atom stereocenters. The van der Waals surface area contributed by atoms with Crippen LogP contribution in [-0.2, 0) is 5.88 Å². The highest BCUT2D eigenvalue weighted by Gasteiger charge is 2.11. The Kier molecular flexibility index (Phi) is 4.04. The fourth-order valence-electron chi connectivity index (χ4n) is 1.51. The van der Waals surface area contributed by atoms with E-state index in [2.05, 4.69) is 10.1 Å². The molecule has 0 aliphatic heterocycles. The maximum absolute atomic E-state index is 5.61. The van der Waals surface area contributed by atoms with E-state index in [0.29, 0.717) is 29.8 Å². The van der Waals surface area contributed by atoms with Gasteiger partial charge in [0.15, 0.2) is 11.5 Å². The summed E-state index contributed by atoms with van der Waals surface area (Å²) >= 11 is 5.61. The van der Waals surface area contributed by atoms with Crippen molar-refractivity contribution in [3.63, 3.8) is 0 Å². The quantitative estimate of drug-likeness (QED) is 0.781. The van der Waals surface area contributed by atoms with Gasteiger partial charge in [-0.15, -0.1) is 11.6 Å². The standard InChI is InChI=1S/C12H13ClN2O3/c1-3-17-9-5-4-8(6-10(9)16-2)12-14-11(7-13)18-15-12/h4-6H,3,7H2,1-2H3. The van der Waals surface area contributed by atoms with Crippen LogP contribution in [-0.4, -0.2) is 23.9 Å². The van der Waals surface area contributed by atoms with Crippen LogP contribution in [0.3, 0.4) is 0 Å². The van der Waals surface area contributed by atoms with E-state index in [1.165, 1.54) is 0 Å². The van der Waals surface area contributed by atoms with Crippen molar-refractivity contribution < 1.29 is 14.0 Å². The molecule has 0 N–H and O–H groups in total. The number of benzene rings is 1. The molecule has 0 amide bonds. The summed E-state index contributed by atoms with van der Waals surface area (Å²) in [4.78, 5) is 4.14. The molecule has 0 aliphatic rings. The average Bonchev–Trinajstić information content (AvgIpc) is 2.88. The third-order valence-electron chi connectivity index (χ3n) is 2.30. The normalized spacial score (nSPS) is 10.4. The fraction of sp³-hybridized carbons (Fsp3) is 0.333. The number of aromatic nitrogens is 2. The van der Waals surface area contributed by atoms with E-state index in [-0.39, 0.29) is 5.88 Å². The lowest BCUT2D eigenvalue weighted by Gasteiger charge is -2.09. The lowest BCUT2D eigenvalue weighted by Crippen LogP contribution is -1.95. The molecule has 0 spiro atoms. The van der Waals surface area contributed by atoms with Crippen molar-refractivity contribution in [1.29, 1.82) is 0 Å². The number of hydrogen-bond acceptors (Lipinski definition) is 5. The van der Waals surface area contributed by atoms with Crippen LogP contribution in [0.1, 0.15) is 12.8 Å². The number of rotatable bonds is 5. The van der Waals surface area contributed by atoms with Crippen LogP contribution < -0.4 is 9.47 Å². The third-order valence-corrected chi connectivity index (χ3v) is 2.53. The van der Waals surface area contributed by atoms with E-state index in [0.717, 1.165) is 5.56 Å². The fourth-order valence-corrected chi connectivity index (χ4v) is 1.62. The first-order chi connectivity index (χ1) is 8.78. The molecule has 0 saturated heterocycles. The average molecular weight is 269 g/mol. The van der Waals surface area contributed by atoms with Gasteiger partial charge in [-0.1, -0.05) is 5.16 Å².